The average molecular weight is 462 g/mol. The number of piperidine rings is 1. The first-order chi connectivity index (χ1) is 14.1. The quantitative estimate of drug-likeness (QED) is 0.666. The lowest BCUT2D eigenvalue weighted by Gasteiger charge is -2.31. The topological polar surface area (TPSA) is 114 Å². The summed E-state index contributed by atoms with van der Waals surface area (Å²) in [6.45, 7) is -0.451. The van der Waals surface area contributed by atoms with Crippen LogP contribution in [0.2, 0.25) is 0 Å². The zero-order valence-corrected chi connectivity index (χ0v) is 17.4. The molecule has 0 saturated carbocycles. The smallest absolute Gasteiger partial charge is 0.246 e. The van der Waals surface area contributed by atoms with E-state index in [1.165, 1.54) is 11.2 Å². The highest BCUT2D eigenvalue weighted by atomic mass is 32.2. The van der Waals surface area contributed by atoms with Gasteiger partial charge in [0.15, 0.2) is 14.7 Å². The fourth-order valence-electron chi connectivity index (χ4n) is 3.26. The Hall–Kier alpha value is -2.31. The molecule has 1 fully saturated rings. The first-order valence-electron chi connectivity index (χ1n) is 9.05. The van der Waals surface area contributed by atoms with Gasteiger partial charge in [0.05, 0.1) is 18.1 Å². The second-order valence-electron chi connectivity index (χ2n) is 6.84. The van der Waals surface area contributed by atoms with E-state index in [0.717, 1.165) is 18.2 Å². The van der Waals surface area contributed by atoms with Gasteiger partial charge in [-0.05, 0) is 37.1 Å². The van der Waals surface area contributed by atoms with E-state index in [0.29, 0.717) is 5.76 Å². The van der Waals surface area contributed by atoms with E-state index in [4.69, 9.17) is 4.42 Å². The molecule has 12 heteroatoms. The van der Waals surface area contributed by atoms with Gasteiger partial charge < -0.3 is 9.32 Å². The lowest BCUT2D eigenvalue weighted by molar-refractivity contribution is -0.130. The fourth-order valence-corrected chi connectivity index (χ4v) is 6.09. The molecule has 1 amide bonds. The Labute approximate surface area is 172 Å². The number of hydrogen-bond donors (Lipinski definition) is 1. The maximum atomic E-state index is 13.7. The molecule has 1 saturated heterocycles. The third kappa shape index (κ3) is 5.05. The minimum Gasteiger partial charge on any atom is -0.468 e. The monoisotopic (exact) mass is 462 g/mol. The van der Waals surface area contributed by atoms with Crippen LogP contribution in [0, 0.1) is 11.6 Å². The van der Waals surface area contributed by atoms with Gasteiger partial charge in [-0.25, -0.2) is 30.3 Å². The van der Waals surface area contributed by atoms with Crippen molar-refractivity contribution in [2.45, 2.75) is 28.7 Å². The Morgan fingerprint density at radius 3 is 2.27 bits per heavy atom. The number of likely N-dealkylation sites (tertiary alicyclic amines) is 1. The van der Waals surface area contributed by atoms with Crippen molar-refractivity contribution in [2.75, 3.05) is 19.6 Å². The summed E-state index contributed by atoms with van der Waals surface area (Å²) in [6, 6.07) is 5.79. The Kier molecular flexibility index (Phi) is 6.58. The molecule has 3 rings (SSSR count). The molecule has 1 aliphatic heterocycles. The van der Waals surface area contributed by atoms with Gasteiger partial charge in [-0.1, -0.05) is 6.07 Å². The highest BCUT2D eigenvalue weighted by Gasteiger charge is 2.33. The molecule has 0 aliphatic carbocycles. The third-order valence-corrected chi connectivity index (χ3v) is 8.45. The van der Waals surface area contributed by atoms with Crippen LogP contribution in [0.25, 0.3) is 0 Å². The van der Waals surface area contributed by atoms with Gasteiger partial charge in [0.25, 0.3) is 0 Å². The molecule has 1 N–H and O–H groups in total. The molecule has 0 radical (unpaired) electrons. The minimum atomic E-state index is -4.57. The van der Waals surface area contributed by atoms with Gasteiger partial charge in [0.1, 0.15) is 23.1 Å². The second-order valence-corrected chi connectivity index (χ2v) is 10.8. The van der Waals surface area contributed by atoms with Gasteiger partial charge in [-0.2, -0.15) is 0 Å². The largest absolute Gasteiger partial charge is 0.468 e. The van der Waals surface area contributed by atoms with Crippen LogP contribution in [-0.2, 0) is 30.4 Å². The molecule has 0 unspecified atom stereocenters. The average Bonchev–Trinajstić information content (AvgIpc) is 3.18. The van der Waals surface area contributed by atoms with Crippen molar-refractivity contribution in [2.24, 2.45) is 0 Å². The summed E-state index contributed by atoms with van der Waals surface area (Å²) in [4.78, 5) is 12.5. The van der Waals surface area contributed by atoms with E-state index < -0.39 is 54.1 Å². The molecule has 2 aromatic rings. The second kappa shape index (κ2) is 8.82. The van der Waals surface area contributed by atoms with E-state index >= 15 is 0 Å². The normalized spacial score (nSPS) is 16.0. The number of furan rings is 1. The van der Waals surface area contributed by atoms with E-state index in [1.54, 1.807) is 12.1 Å². The van der Waals surface area contributed by atoms with Crippen molar-refractivity contribution in [3.63, 3.8) is 0 Å². The van der Waals surface area contributed by atoms with E-state index in [2.05, 4.69) is 0 Å². The molecule has 2 heterocycles. The summed E-state index contributed by atoms with van der Waals surface area (Å²) in [6.07, 6.45) is 1.79. The first kappa shape index (κ1) is 22.4. The van der Waals surface area contributed by atoms with Gasteiger partial charge >= 0.3 is 0 Å². The lowest BCUT2D eigenvalue weighted by Crippen LogP contribution is -2.46. The molecule has 1 aromatic carbocycles. The van der Waals surface area contributed by atoms with Crippen LogP contribution in [-0.4, -0.2) is 52.5 Å². The van der Waals surface area contributed by atoms with Crippen molar-refractivity contribution in [3.8, 4) is 0 Å². The number of carbonyl (C=O) groups is 1. The zero-order valence-electron chi connectivity index (χ0n) is 15.8. The molecule has 8 nitrogen and oxygen atoms in total. The van der Waals surface area contributed by atoms with Crippen molar-refractivity contribution in [1.29, 1.82) is 0 Å². The number of sulfonamides is 1. The molecule has 1 aromatic heterocycles. The fraction of sp³-hybridized carbons (Fsp3) is 0.389. The maximum absolute atomic E-state index is 13.7. The number of carbonyl (C=O) groups excluding carboxylic acids is 1. The lowest BCUT2D eigenvalue weighted by atomic mass is 10.1. The highest BCUT2D eigenvalue weighted by molar-refractivity contribution is 7.91. The van der Waals surface area contributed by atoms with Gasteiger partial charge in [-0.3, -0.25) is 4.79 Å². The predicted molar refractivity (Wildman–Crippen MR) is 102 cm³/mol. The Balaban J connectivity index is 1.55. The number of hydrogen-bond acceptors (Lipinski definition) is 6. The zero-order chi connectivity index (χ0) is 21.9. The Bertz CT molecular complexity index is 1090. The third-order valence-electron chi connectivity index (χ3n) is 4.83. The number of nitrogens with zero attached hydrogens (tertiary/aromatic N) is 1. The van der Waals surface area contributed by atoms with Crippen LogP contribution in [0.5, 0.6) is 0 Å². The van der Waals surface area contributed by atoms with Crippen molar-refractivity contribution in [1.82, 2.24) is 9.62 Å². The summed E-state index contributed by atoms with van der Waals surface area (Å²) < 4.78 is 83.6. The summed E-state index contributed by atoms with van der Waals surface area (Å²) in [5, 5.41) is -0.643. The molecule has 1 aliphatic rings. The van der Waals surface area contributed by atoms with Crippen LogP contribution in [0.1, 0.15) is 18.6 Å². The summed E-state index contributed by atoms with van der Waals surface area (Å²) >= 11 is 0. The number of benzene rings is 1. The van der Waals surface area contributed by atoms with Gasteiger partial charge in [-0.15, -0.1) is 0 Å². The molecule has 0 bridgehead atoms. The minimum absolute atomic E-state index is 0.122. The van der Waals surface area contributed by atoms with Crippen LogP contribution >= 0.6 is 0 Å². The number of rotatable bonds is 7. The molecule has 0 spiro atoms. The van der Waals surface area contributed by atoms with E-state index in [9.17, 15) is 30.4 Å². The Morgan fingerprint density at radius 1 is 1.07 bits per heavy atom. The molecular weight excluding hydrogens is 442 g/mol. The van der Waals surface area contributed by atoms with Crippen LogP contribution < -0.4 is 4.72 Å². The molecule has 0 atom stereocenters. The van der Waals surface area contributed by atoms with Crippen molar-refractivity contribution >= 4 is 25.8 Å². The predicted octanol–water partition coefficient (Wildman–Crippen LogP) is 1.44. The van der Waals surface area contributed by atoms with Crippen molar-refractivity contribution < 1.29 is 34.8 Å². The van der Waals surface area contributed by atoms with Crippen LogP contribution in [0.3, 0.4) is 0 Å². The van der Waals surface area contributed by atoms with Gasteiger partial charge in [0.2, 0.25) is 15.9 Å². The van der Waals surface area contributed by atoms with E-state index in [-0.39, 0.29) is 31.7 Å². The molecule has 30 heavy (non-hydrogen) atoms. The standard InChI is InChI=1S/C18H20F2N2O6S2/c19-15-4-1-5-16(20)18(15)30(26,27)21-11-17(23)22-8-6-14(7-9-22)29(24,25)12-13-3-2-10-28-13/h1-5,10,14,21H,6-9,11-12H2. The van der Waals surface area contributed by atoms with Crippen LogP contribution in [0.15, 0.2) is 45.9 Å². The molecular formula is C18H20F2N2O6S2. The number of nitrogens with one attached hydrogen (secondary N) is 1. The van der Waals surface area contributed by atoms with E-state index in [1.807, 2.05) is 4.72 Å². The SMILES string of the molecule is O=C(CNS(=O)(=O)c1c(F)cccc1F)N1CCC(S(=O)(=O)Cc2ccco2)CC1. The number of amides is 1. The van der Waals surface area contributed by atoms with Gasteiger partial charge in [0, 0.05) is 13.1 Å². The Morgan fingerprint density at radius 2 is 1.70 bits per heavy atom. The molecule has 164 valence electrons. The summed E-state index contributed by atoms with van der Waals surface area (Å²) in [5.41, 5.74) is 0. The summed E-state index contributed by atoms with van der Waals surface area (Å²) in [5.74, 6) is -3.04. The number of sulfone groups is 1. The van der Waals surface area contributed by atoms with Crippen molar-refractivity contribution in [3.05, 3.63) is 54.0 Å². The number of halogens is 2. The maximum Gasteiger partial charge on any atom is 0.246 e. The first-order valence-corrected chi connectivity index (χ1v) is 12.3. The summed E-state index contributed by atoms with van der Waals surface area (Å²) in [7, 11) is -8.04. The van der Waals surface area contributed by atoms with Crippen LogP contribution in [0.4, 0.5) is 8.78 Å². The highest BCUT2D eigenvalue weighted by Crippen LogP contribution is 2.22.